The molecule has 3 heteroatoms. The van der Waals surface area contributed by atoms with E-state index in [-0.39, 0.29) is 5.91 Å². The van der Waals surface area contributed by atoms with Crippen LogP contribution in [0, 0.1) is 17.8 Å². The molecule has 0 aromatic carbocycles. The van der Waals surface area contributed by atoms with E-state index in [1.807, 2.05) is 0 Å². The summed E-state index contributed by atoms with van der Waals surface area (Å²) in [6.07, 6.45) is 9.41. The van der Waals surface area contributed by atoms with Gasteiger partial charge in [-0.1, -0.05) is 26.7 Å². The van der Waals surface area contributed by atoms with E-state index in [2.05, 4.69) is 24.5 Å². The summed E-state index contributed by atoms with van der Waals surface area (Å²) in [5, 5.41) is 6.76. The van der Waals surface area contributed by atoms with Gasteiger partial charge in [0.2, 0.25) is 5.91 Å². The fourth-order valence-corrected chi connectivity index (χ4v) is 3.92. The van der Waals surface area contributed by atoms with Crippen LogP contribution in [0.15, 0.2) is 0 Å². The van der Waals surface area contributed by atoms with Gasteiger partial charge in [0.05, 0.1) is 0 Å². The van der Waals surface area contributed by atoms with Crippen molar-refractivity contribution in [3.63, 3.8) is 0 Å². The minimum absolute atomic E-state index is 0.285. The van der Waals surface area contributed by atoms with Gasteiger partial charge in [0.1, 0.15) is 0 Å². The van der Waals surface area contributed by atoms with Crippen LogP contribution in [-0.2, 0) is 4.79 Å². The summed E-state index contributed by atoms with van der Waals surface area (Å²) in [5.74, 6) is 2.36. The number of nitrogens with one attached hydrogen (secondary N) is 2. The number of carbonyl (C=O) groups is 1. The van der Waals surface area contributed by atoms with Crippen molar-refractivity contribution in [1.82, 2.24) is 10.6 Å². The van der Waals surface area contributed by atoms with Crippen molar-refractivity contribution in [2.24, 2.45) is 17.8 Å². The first kappa shape index (κ1) is 15.8. The van der Waals surface area contributed by atoms with Crippen molar-refractivity contribution in [3.8, 4) is 0 Å². The standard InChI is InChI=1S/C17H32N2O/c1-13(2)15-7-3-4-8-16(15)19-17(20)10-9-14-6-5-11-18-12-14/h13-16,18H,3-12H2,1-2H3,(H,19,20). The van der Waals surface area contributed by atoms with Gasteiger partial charge < -0.3 is 10.6 Å². The van der Waals surface area contributed by atoms with Crippen LogP contribution in [0.1, 0.15) is 65.2 Å². The average molecular weight is 280 g/mol. The van der Waals surface area contributed by atoms with E-state index in [1.165, 1.54) is 38.5 Å². The van der Waals surface area contributed by atoms with Crippen LogP contribution in [0.2, 0.25) is 0 Å². The molecule has 1 amide bonds. The maximum atomic E-state index is 12.2. The van der Waals surface area contributed by atoms with E-state index in [0.717, 1.165) is 19.5 Å². The highest BCUT2D eigenvalue weighted by Crippen LogP contribution is 2.30. The Balaban J connectivity index is 1.72. The van der Waals surface area contributed by atoms with Crippen LogP contribution in [0.5, 0.6) is 0 Å². The first-order valence-electron chi connectivity index (χ1n) is 8.67. The Labute approximate surface area is 124 Å². The predicted octanol–water partition coefficient (Wildman–Crippen LogP) is 3.10. The highest BCUT2D eigenvalue weighted by Gasteiger charge is 2.28. The number of amides is 1. The summed E-state index contributed by atoms with van der Waals surface area (Å²) in [7, 11) is 0. The summed E-state index contributed by atoms with van der Waals surface area (Å²) in [4.78, 5) is 12.2. The third-order valence-corrected chi connectivity index (χ3v) is 5.20. The summed E-state index contributed by atoms with van der Waals surface area (Å²) >= 11 is 0. The number of piperidine rings is 1. The Kier molecular flexibility index (Phi) is 6.34. The van der Waals surface area contributed by atoms with Crippen LogP contribution in [-0.4, -0.2) is 25.0 Å². The van der Waals surface area contributed by atoms with E-state index in [1.54, 1.807) is 0 Å². The molecule has 3 nitrogen and oxygen atoms in total. The summed E-state index contributed by atoms with van der Waals surface area (Å²) in [6, 6.07) is 0.431. The molecule has 0 aromatic rings. The van der Waals surface area contributed by atoms with E-state index in [4.69, 9.17) is 0 Å². The van der Waals surface area contributed by atoms with Crippen LogP contribution in [0.25, 0.3) is 0 Å². The Morgan fingerprint density at radius 2 is 2.00 bits per heavy atom. The van der Waals surface area contributed by atoms with E-state index >= 15 is 0 Å². The second-order valence-electron chi connectivity index (χ2n) is 7.12. The molecule has 1 saturated carbocycles. The second kappa shape index (κ2) is 8.02. The fourth-order valence-electron chi connectivity index (χ4n) is 3.92. The lowest BCUT2D eigenvalue weighted by atomic mass is 9.78. The second-order valence-corrected chi connectivity index (χ2v) is 7.12. The highest BCUT2D eigenvalue weighted by molar-refractivity contribution is 5.76. The van der Waals surface area contributed by atoms with Crippen molar-refractivity contribution in [2.75, 3.05) is 13.1 Å². The predicted molar refractivity (Wildman–Crippen MR) is 83.6 cm³/mol. The highest BCUT2D eigenvalue weighted by atomic mass is 16.1. The summed E-state index contributed by atoms with van der Waals surface area (Å²) < 4.78 is 0. The monoisotopic (exact) mass is 280 g/mol. The van der Waals surface area contributed by atoms with Gasteiger partial charge >= 0.3 is 0 Å². The molecule has 2 N–H and O–H groups in total. The van der Waals surface area contributed by atoms with Crippen LogP contribution >= 0.6 is 0 Å². The molecule has 1 aliphatic heterocycles. The molecule has 0 aromatic heterocycles. The van der Waals surface area contributed by atoms with Crippen molar-refractivity contribution in [2.45, 2.75) is 71.3 Å². The molecule has 3 unspecified atom stereocenters. The number of hydrogen-bond donors (Lipinski definition) is 2. The minimum atomic E-state index is 0.285. The van der Waals surface area contributed by atoms with Crippen molar-refractivity contribution < 1.29 is 4.79 Å². The first-order valence-corrected chi connectivity index (χ1v) is 8.67. The van der Waals surface area contributed by atoms with Crippen LogP contribution in [0.4, 0.5) is 0 Å². The third-order valence-electron chi connectivity index (χ3n) is 5.20. The Hall–Kier alpha value is -0.570. The molecule has 1 aliphatic carbocycles. The maximum absolute atomic E-state index is 12.2. The quantitative estimate of drug-likeness (QED) is 0.812. The van der Waals surface area contributed by atoms with E-state index < -0.39 is 0 Å². The largest absolute Gasteiger partial charge is 0.353 e. The molecule has 0 spiro atoms. The zero-order valence-electron chi connectivity index (χ0n) is 13.3. The molecule has 2 fully saturated rings. The minimum Gasteiger partial charge on any atom is -0.353 e. The summed E-state index contributed by atoms with van der Waals surface area (Å²) in [5.41, 5.74) is 0. The van der Waals surface area contributed by atoms with Gasteiger partial charge in [-0.3, -0.25) is 4.79 Å². The summed E-state index contributed by atoms with van der Waals surface area (Å²) in [6.45, 7) is 6.85. The van der Waals surface area contributed by atoms with Crippen molar-refractivity contribution in [3.05, 3.63) is 0 Å². The zero-order valence-corrected chi connectivity index (χ0v) is 13.3. The van der Waals surface area contributed by atoms with Gasteiger partial charge in [0, 0.05) is 12.5 Å². The number of hydrogen-bond acceptors (Lipinski definition) is 2. The molecule has 0 bridgehead atoms. The third kappa shape index (κ3) is 4.76. The first-order chi connectivity index (χ1) is 9.66. The van der Waals surface area contributed by atoms with Gasteiger partial charge in [-0.25, -0.2) is 0 Å². The zero-order chi connectivity index (χ0) is 14.4. The van der Waals surface area contributed by atoms with Crippen LogP contribution in [0.3, 0.4) is 0 Å². The lowest BCUT2D eigenvalue weighted by Crippen LogP contribution is -2.44. The molecule has 2 rings (SSSR count). The van der Waals surface area contributed by atoms with E-state index in [9.17, 15) is 4.79 Å². The SMILES string of the molecule is CC(C)C1CCCCC1NC(=O)CCC1CCCNC1. The number of carbonyl (C=O) groups excluding carboxylic acids is 1. The van der Waals surface area contributed by atoms with Gasteiger partial charge in [-0.15, -0.1) is 0 Å². The van der Waals surface area contributed by atoms with Gasteiger partial charge in [-0.2, -0.15) is 0 Å². The molecule has 20 heavy (non-hydrogen) atoms. The van der Waals surface area contributed by atoms with Gasteiger partial charge in [-0.05, 0) is 62.9 Å². The molecule has 1 heterocycles. The molecule has 1 saturated heterocycles. The van der Waals surface area contributed by atoms with Gasteiger partial charge in [0.15, 0.2) is 0 Å². The Morgan fingerprint density at radius 3 is 2.70 bits per heavy atom. The molecular formula is C17H32N2O. The molecular weight excluding hydrogens is 248 g/mol. The lowest BCUT2D eigenvalue weighted by molar-refractivity contribution is -0.122. The molecule has 2 aliphatic rings. The fraction of sp³-hybridized carbons (Fsp3) is 0.941. The Morgan fingerprint density at radius 1 is 1.20 bits per heavy atom. The molecule has 3 atom stereocenters. The number of rotatable bonds is 5. The smallest absolute Gasteiger partial charge is 0.220 e. The lowest BCUT2D eigenvalue weighted by Gasteiger charge is -2.35. The average Bonchev–Trinajstić information content (AvgIpc) is 2.46. The molecule has 116 valence electrons. The normalized spacial score (nSPS) is 31.2. The Bertz CT molecular complexity index is 297. The van der Waals surface area contributed by atoms with Crippen molar-refractivity contribution in [1.29, 1.82) is 0 Å². The topological polar surface area (TPSA) is 41.1 Å². The molecule has 0 radical (unpaired) electrons. The van der Waals surface area contributed by atoms with E-state index in [0.29, 0.717) is 30.2 Å². The van der Waals surface area contributed by atoms with Crippen molar-refractivity contribution >= 4 is 5.91 Å². The van der Waals surface area contributed by atoms with Crippen LogP contribution < -0.4 is 10.6 Å². The van der Waals surface area contributed by atoms with Gasteiger partial charge in [0.25, 0.3) is 0 Å². The maximum Gasteiger partial charge on any atom is 0.220 e.